The summed E-state index contributed by atoms with van der Waals surface area (Å²) in [5, 5.41) is 0. The summed E-state index contributed by atoms with van der Waals surface area (Å²) in [6.45, 7) is 2.98. The molecule has 0 amide bonds. The zero-order chi connectivity index (χ0) is 12.3. The van der Waals surface area contributed by atoms with Gasteiger partial charge < -0.3 is 18.9 Å². The van der Waals surface area contributed by atoms with Crippen LogP contribution < -0.4 is 0 Å². The highest BCUT2D eigenvalue weighted by Gasteiger charge is 2.37. The molecule has 6 nitrogen and oxygen atoms in total. The lowest BCUT2D eigenvalue weighted by atomic mass is 9.84. The van der Waals surface area contributed by atoms with Gasteiger partial charge in [-0.05, 0) is 6.42 Å². The predicted molar refractivity (Wildman–Crippen MR) is 54.7 cm³/mol. The van der Waals surface area contributed by atoms with Crippen molar-refractivity contribution >= 4 is 12.1 Å². The maximum Gasteiger partial charge on any atom is 0.508 e. The molecule has 0 N–H and O–H groups in total. The Labute approximate surface area is 98.5 Å². The third-order valence-corrected chi connectivity index (χ3v) is 2.83. The first-order valence-electron chi connectivity index (χ1n) is 5.45. The largest absolute Gasteiger partial charge is 0.508 e. The van der Waals surface area contributed by atoms with E-state index in [1.54, 1.807) is 5.94 Å². The summed E-state index contributed by atoms with van der Waals surface area (Å²) in [6.07, 6.45) is 0.554. The smallest absolute Gasteiger partial charge is 0.457 e. The molecule has 0 saturated carbocycles. The van der Waals surface area contributed by atoms with Gasteiger partial charge in [-0.25, -0.2) is 9.59 Å². The summed E-state index contributed by atoms with van der Waals surface area (Å²) in [7, 11) is 0. The molecule has 0 bridgehead atoms. The monoisotopic (exact) mass is 242 g/mol. The maximum atomic E-state index is 10.8. The van der Waals surface area contributed by atoms with E-state index in [0.717, 1.165) is 0 Å². The number of cyclic esters (lactones) is 2. The summed E-state index contributed by atoms with van der Waals surface area (Å²) in [5.74, 6) is 1.50. The van der Waals surface area contributed by atoms with E-state index in [-0.39, 0.29) is 17.5 Å². The van der Waals surface area contributed by atoms with Crippen LogP contribution in [0.3, 0.4) is 0 Å². The van der Waals surface area contributed by atoms with Crippen molar-refractivity contribution in [3.05, 3.63) is 5.95 Å². The molecule has 0 aromatic carbocycles. The summed E-state index contributed by atoms with van der Waals surface area (Å²) in [4.78, 5) is 21.2. The van der Waals surface area contributed by atoms with Crippen molar-refractivity contribution in [1.29, 1.82) is 0 Å². The van der Waals surface area contributed by atoms with Gasteiger partial charge in [-0.15, -0.1) is 0 Å². The fourth-order valence-corrected chi connectivity index (χ4v) is 1.94. The normalized spacial score (nSPS) is 27.0. The molecule has 2 heterocycles. The summed E-state index contributed by atoms with van der Waals surface area (Å²) in [6, 6.07) is 0. The molecule has 2 fully saturated rings. The van der Waals surface area contributed by atoms with Gasteiger partial charge in [0.1, 0.15) is 19.3 Å². The number of hydrogen-bond acceptors (Lipinski definition) is 6. The molecular formula is C11H14O6. The Morgan fingerprint density at radius 2 is 2.06 bits per heavy atom. The lowest BCUT2D eigenvalue weighted by Gasteiger charge is -2.36. The molecule has 2 saturated heterocycles. The molecule has 1 atom stereocenters. The minimum absolute atomic E-state index is 0.0985. The molecular weight excluding hydrogens is 228 g/mol. The van der Waals surface area contributed by atoms with E-state index in [1.165, 1.54) is 0 Å². The Balaban J connectivity index is 1.91. The van der Waals surface area contributed by atoms with E-state index in [1.807, 2.05) is 6.92 Å². The van der Waals surface area contributed by atoms with E-state index in [9.17, 15) is 9.59 Å². The Morgan fingerprint density at radius 3 is 2.71 bits per heavy atom. The predicted octanol–water partition coefficient (Wildman–Crippen LogP) is 1.03. The van der Waals surface area contributed by atoms with Crippen molar-refractivity contribution in [2.45, 2.75) is 25.9 Å². The minimum Gasteiger partial charge on any atom is -0.457 e. The third-order valence-electron chi connectivity index (χ3n) is 2.83. The van der Waals surface area contributed by atoms with Crippen molar-refractivity contribution in [1.82, 2.24) is 0 Å². The second-order valence-electron chi connectivity index (χ2n) is 4.61. The molecule has 94 valence electrons. The first-order chi connectivity index (χ1) is 8.11. The molecule has 0 aromatic heterocycles. The highest BCUT2D eigenvalue weighted by molar-refractivity contribution is 5.60. The van der Waals surface area contributed by atoms with Crippen molar-refractivity contribution in [3.8, 4) is 0 Å². The van der Waals surface area contributed by atoms with Gasteiger partial charge >= 0.3 is 12.1 Å². The van der Waals surface area contributed by atoms with E-state index >= 15 is 0 Å². The molecule has 0 aliphatic carbocycles. The van der Waals surface area contributed by atoms with Crippen LogP contribution in [0.4, 0.5) is 4.79 Å². The fraction of sp³-hybridized carbons (Fsp3) is 0.727. The molecule has 6 heteroatoms. The Kier molecular flexibility index (Phi) is 3.24. The first-order valence-corrected chi connectivity index (χ1v) is 5.45. The first kappa shape index (κ1) is 11.8. The minimum atomic E-state index is -0.635. The molecule has 0 radical (unpaired) electrons. The van der Waals surface area contributed by atoms with E-state index < -0.39 is 6.16 Å². The van der Waals surface area contributed by atoms with Crippen LogP contribution in [0.25, 0.3) is 0 Å². The van der Waals surface area contributed by atoms with Crippen LogP contribution in [0.5, 0.6) is 0 Å². The van der Waals surface area contributed by atoms with Crippen LogP contribution in [0.1, 0.15) is 19.8 Å². The van der Waals surface area contributed by atoms with Crippen molar-refractivity contribution in [3.63, 3.8) is 0 Å². The average molecular weight is 242 g/mol. The second-order valence-corrected chi connectivity index (χ2v) is 4.61. The standard InChI is InChI=1S/C11H14O6/c1-11(6-15-10(13)16-7-11)4-8-2-3-14-9(5-12)17-8/h8H,2-4,6-7H2,1H3. The average Bonchev–Trinajstić information content (AvgIpc) is 2.33. The SMILES string of the molecule is CC1(CC2CCOC(=C=O)O2)COC(=O)OC1. The third kappa shape index (κ3) is 2.91. The van der Waals surface area contributed by atoms with Crippen LogP contribution >= 0.6 is 0 Å². The highest BCUT2D eigenvalue weighted by Crippen LogP contribution is 2.31. The van der Waals surface area contributed by atoms with Crippen LogP contribution in [0.2, 0.25) is 0 Å². The maximum absolute atomic E-state index is 10.8. The van der Waals surface area contributed by atoms with Gasteiger partial charge in [0.05, 0.1) is 6.61 Å². The summed E-state index contributed by atoms with van der Waals surface area (Å²) >= 11 is 0. The summed E-state index contributed by atoms with van der Waals surface area (Å²) in [5.41, 5.74) is -0.288. The van der Waals surface area contributed by atoms with Crippen molar-refractivity contribution in [2.75, 3.05) is 19.8 Å². The van der Waals surface area contributed by atoms with Crippen LogP contribution in [0.15, 0.2) is 5.95 Å². The zero-order valence-electron chi connectivity index (χ0n) is 9.56. The van der Waals surface area contributed by atoms with Gasteiger partial charge in [0.25, 0.3) is 0 Å². The second kappa shape index (κ2) is 4.67. The van der Waals surface area contributed by atoms with Crippen molar-refractivity contribution < 1.29 is 28.5 Å². The van der Waals surface area contributed by atoms with Gasteiger partial charge in [0, 0.05) is 11.8 Å². The highest BCUT2D eigenvalue weighted by atomic mass is 16.7. The van der Waals surface area contributed by atoms with Crippen LogP contribution in [-0.4, -0.2) is 38.0 Å². The van der Waals surface area contributed by atoms with E-state index in [4.69, 9.17) is 18.9 Å². The zero-order valence-corrected chi connectivity index (χ0v) is 9.56. The van der Waals surface area contributed by atoms with Crippen molar-refractivity contribution in [2.24, 2.45) is 5.41 Å². The number of rotatable bonds is 2. The van der Waals surface area contributed by atoms with Gasteiger partial charge in [-0.2, -0.15) is 0 Å². The number of hydrogen-bond donors (Lipinski definition) is 0. The van der Waals surface area contributed by atoms with Gasteiger partial charge in [0.2, 0.25) is 5.94 Å². The molecule has 17 heavy (non-hydrogen) atoms. The Bertz CT molecular complexity index is 347. The van der Waals surface area contributed by atoms with Crippen LogP contribution in [-0.2, 0) is 23.7 Å². The lowest BCUT2D eigenvalue weighted by molar-refractivity contribution is -0.106. The van der Waals surface area contributed by atoms with Gasteiger partial charge in [0.15, 0.2) is 0 Å². The topological polar surface area (TPSA) is 71.1 Å². The van der Waals surface area contributed by atoms with Gasteiger partial charge in [-0.3, -0.25) is 0 Å². The van der Waals surface area contributed by atoms with Crippen LogP contribution in [0, 0.1) is 5.41 Å². The molecule has 2 rings (SSSR count). The molecule has 1 unspecified atom stereocenters. The van der Waals surface area contributed by atoms with Gasteiger partial charge in [-0.1, -0.05) is 6.92 Å². The quantitative estimate of drug-likeness (QED) is 0.532. The number of carbonyl (C=O) groups is 1. The Morgan fingerprint density at radius 1 is 1.35 bits per heavy atom. The number of ether oxygens (including phenoxy) is 4. The molecule has 2 aliphatic heterocycles. The Hall–Kier alpha value is -1.68. The van der Waals surface area contributed by atoms with E-state index in [2.05, 4.69) is 0 Å². The van der Waals surface area contributed by atoms with E-state index in [0.29, 0.717) is 32.7 Å². The molecule has 0 aromatic rings. The fourth-order valence-electron chi connectivity index (χ4n) is 1.94. The number of carbonyl (C=O) groups excluding carboxylic acids is 2. The lowest BCUT2D eigenvalue weighted by Crippen LogP contribution is -2.41. The molecule has 2 aliphatic rings. The molecule has 0 spiro atoms. The summed E-state index contributed by atoms with van der Waals surface area (Å²) < 4.78 is 20.0.